The summed E-state index contributed by atoms with van der Waals surface area (Å²) >= 11 is 0. The monoisotopic (exact) mass is 240 g/mol. The molecule has 0 radical (unpaired) electrons. The van der Waals surface area contributed by atoms with Crippen molar-refractivity contribution in [1.29, 1.82) is 0 Å². The molecule has 1 atom stereocenters. The fraction of sp³-hybridized carbons (Fsp3) is 0.538. The lowest BCUT2D eigenvalue weighted by Crippen LogP contribution is -2.33. The van der Waals surface area contributed by atoms with Gasteiger partial charge in [-0.3, -0.25) is 0 Å². The molecule has 1 aliphatic heterocycles. The van der Waals surface area contributed by atoms with E-state index in [4.69, 9.17) is 0 Å². The molecule has 2 rings (SSSR count). The van der Waals surface area contributed by atoms with Crippen molar-refractivity contribution in [2.75, 3.05) is 24.5 Å². The quantitative estimate of drug-likeness (QED) is 0.870. The molecule has 4 heteroatoms. The fourth-order valence-corrected chi connectivity index (χ4v) is 2.27. The smallest absolute Gasteiger partial charge is 0.149 e. The molecule has 1 unspecified atom stereocenters. The van der Waals surface area contributed by atoms with Crippen molar-refractivity contribution < 1.29 is 8.78 Å². The van der Waals surface area contributed by atoms with E-state index in [-0.39, 0.29) is 5.69 Å². The Bertz CT molecular complexity index is 361. The minimum absolute atomic E-state index is 0.119. The van der Waals surface area contributed by atoms with E-state index in [2.05, 4.69) is 12.2 Å². The highest BCUT2D eigenvalue weighted by molar-refractivity contribution is 5.50. The Morgan fingerprint density at radius 1 is 1.35 bits per heavy atom. The maximum absolute atomic E-state index is 13.6. The van der Waals surface area contributed by atoms with Gasteiger partial charge in [-0.15, -0.1) is 0 Å². The van der Waals surface area contributed by atoms with Gasteiger partial charge in [-0.1, -0.05) is 13.0 Å². The number of nitrogens with zero attached hydrogens (tertiary/aromatic N) is 1. The Morgan fingerprint density at radius 3 is 2.71 bits per heavy atom. The molecule has 17 heavy (non-hydrogen) atoms. The zero-order valence-electron chi connectivity index (χ0n) is 10.0. The van der Waals surface area contributed by atoms with Gasteiger partial charge in [0.15, 0.2) is 0 Å². The van der Waals surface area contributed by atoms with Crippen molar-refractivity contribution in [2.45, 2.75) is 25.8 Å². The lowest BCUT2D eigenvalue weighted by atomic mass is 10.2. The lowest BCUT2D eigenvalue weighted by molar-refractivity contribution is 0.545. The molecule has 0 aliphatic carbocycles. The van der Waals surface area contributed by atoms with Crippen molar-refractivity contribution >= 4 is 5.69 Å². The average Bonchev–Trinajstić information content (AvgIpc) is 2.75. The molecule has 1 N–H and O–H groups in total. The highest BCUT2D eigenvalue weighted by atomic mass is 19.1. The number of nitrogens with one attached hydrogen (secondary N) is 1. The lowest BCUT2D eigenvalue weighted by Gasteiger charge is -2.20. The van der Waals surface area contributed by atoms with Crippen LogP contribution in [0.4, 0.5) is 14.5 Å². The van der Waals surface area contributed by atoms with Crippen molar-refractivity contribution in [2.24, 2.45) is 0 Å². The standard InChI is InChI=1S/C13H18F2N2/c1-2-7-16-10-6-8-17(9-10)13-11(14)4-3-5-12(13)15/h3-5,10,16H,2,6-9H2,1H3. The molecule has 1 heterocycles. The van der Waals surface area contributed by atoms with Gasteiger partial charge in [-0.05, 0) is 31.5 Å². The van der Waals surface area contributed by atoms with Gasteiger partial charge in [0.05, 0.1) is 0 Å². The summed E-state index contributed by atoms with van der Waals surface area (Å²) in [6, 6.07) is 4.36. The summed E-state index contributed by atoms with van der Waals surface area (Å²) in [6.07, 6.45) is 2.01. The van der Waals surface area contributed by atoms with Crippen molar-refractivity contribution in [3.63, 3.8) is 0 Å². The third-order valence-corrected chi connectivity index (χ3v) is 3.13. The molecule has 0 aromatic heterocycles. The first-order valence-electron chi connectivity index (χ1n) is 6.14. The van der Waals surface area contributed by atoms with E-state index < -0.39 is 11.6 Å². The van der Waals surface area contributed by atoms with E-state index in [9.17, 15) is 8.78 Å². The fourth-order valence-electron chi connectivity index (χ4n) is 2.27. The zero-order valence-corrected chi connectivity index (χ0v) is 10.0. The average molecular weight is 240 g/mol. The Hall–Kier alpha value is -1.16. The van der Waals surface area contributed by atoms with Crippen LogP contribution in [0.1, 0.15) is 19.8 Å². The summed E-state index contributed by atoms with van der Waals surface area (Å²) in [4.78, 5) is 1.79. The number of benzene rings is 1. The van der Waals surface area contributed by atoms with Gasteiger partial charge in [-0.2, -0.15) is 0 Å². The molecular weight excluding hydrogens is 222 g/mol. The van der Waals surface area contributed by atoms with E-state index in [0.717, 1.165) is 19.4 Å². The first-order chi connectivity index (χ1) is 8.22. The van der Waals surface area contributed by atoms with Crippen molar-refractivity contribution in [3.8, 4) is 0 Å². The summed E-state index contributed by atoms with van der Waals surface area (Å²) in [5, 5.41) is 3.38. The molecular formula is C13H18F2N2. The van der Waals surface area contributed by atoms with E-state index in [1.165, 1.54) is 18.2 Å². The number of para-hydroxylation sites is 1. The van der Waals surface area contributed by atoms with Crippen molar-refractivity contribution in [3.05, 3.63) is 29.8 Å². The van der Waals surface area contributed by atoms with Gasteiger partial charge < -0.3 is 10.2 Å². The van der Waals surface area contributed by atoms with Crippen LogP contribution < -0.4 is 10.2 Å². The number of rotatable bonds is 4. The normalized spacial score (nSPS) is 19.9. The minimum Gasteiger partial charge on any atom is -0.365 e. The SMILES string of the molecule is CCCNC1CCN(c2c(F)cccc2F)C1. The van der Waals surface area contributed by atoms with Crippen LogP contribution in [-0.4, -0.2) is 25.7 Å². The molecule has 0 spiro atoms. The molecule has 1 fully saturated rings. The number of halogens is 2. The molecule has 94 valence electrons. The van der Waals surface area contributed by atoms with E-state index in [1.54, 1.807) is 4.90 Å². The summed E-state index contributed by atoms with van der Waals surface area (Å²) in [5.41, 5.74) is 0.119. The molecule has 1 saturated heterocycles. The van der Waals surface area contributed by atoms with Crippen LogP contribution in [0, 0.1) is 11.6 Å². The molecule has 1 aliphatic rings. The van der Waals surface area contributed by atoms with Crippen LogP contribution in [0.2, 0.25) is 0 Å². The zero-order chi connectivity index (χ0) is 12.3. The van der Waals surface area contributed by atoms with Gasteiger partial charge in [0.2, 0.25) is 0 Å². The second kappa shape index (κ2) is 5.45. The second-order valence-electron chi connectivity index (χ2n) is 4.46. The van der Waals surface area contributed by atoms with Crippen LogP contribution in [0.15, 0.2) is 18.2 Å². The first kappa shape index (κ1) is 12.3. The van der Waals surface area contributed by atoms with Crippen LogP contribution in [0.25, 0.3) is 0 Å². The molecule has 2 nitrogen and oxygen atoms in total. The predicted octanol–water partition coefficient (Wildman–Crippen LogP) is 2.54. The molecule has 0 amide bonds. The highest BCUT2D eigenvalue weighted by Crippen LogP contribution is 2.26. The van der Waals surface area contributed by atoms with Gasteiger partial charge in [-0.25, -0.2) is 8.78 Å². The maximum atomic E-state index is 13.6. The van der Waals surface area contributed by atoms with Crippen LogP contribution in [-0.2, 0) is 0 Å². The Balaban J connectivity index is 2.05. The highest BCUT2D eigenvalue weighted by Gasteiger charge is 2.25. The van der Waals surface area contributed by atoms with Crippen molar-refractivity contribution in [1.82, 2.24) is 5.32 Å². The second-order valence-corrected chi connectivity index (χ2v) is 4.46. The van der Waals surface area contributed by atoms with Gasteiger partial charge in [0.1, 0.15) is 17.3 Å². The molecule has 0 bridgehead atoms. The van der Waals surface area contributed by atoms with Gasteiger partial charge in [0.25, 0.3) is 0 Å². The van der Waals surface area contributed by atoms with Crippen LogP contribution >= 0.6 is 0 Å². The molecule has 1 aromatic rings. The number of anilines is 1. The summed E-state index contributed by atoms with van der Waals surface area (Å²) in [6.45, 7) is 4.45. The van der Waals surface area contributed by atoms with Crippen LogP contribution in [0.5, 0.6) is 0 Å². The summed E-state index contributed by atoms with van der Waals surface area (Å²) < 4.78 is 27.2. The third kappa shape index (κ3) is 2.75. The van der Waals surface area contributed by atoms with E-state index in [0.29, 0.717) is 19.1 Å². The maximum Gasteiger partial charge on any atom is 0.149 e. The minimum atomic E-state index is -0.471. The molecule has 0 saturated carbocycles. The Labute approximate surface area is 101 Å². The predicted molar refractivity (Wildman–Crippen MR) is 65.3 cm³/mol. The topological polar surface area (TPSA) is 15.3 Å². The summed E-state index contributed by atoms with van der Waals surface area (Å²) in [7, 11) is 0. The Kier molecular flexibility index (Phi) is 3.94. The van der Waals surface area contributed by atoms with Crippen LogP contribution in [0.3, 0.4) is 0 Å². The summed E-state index contributed by atoms with van der Waals surface area (Å²) in [5.74, 6) is -0.942. The first-order valence-corrected chi connectivity index (χ1v) is 6.14. The number of hydrogen-bond acceptors (Lipinski definition) is 2. The van der Waals surface area contributed by atoms with E-state index in [1.807, 2.05) is 0 Å². The third-order valence-electron chi connectivity index (χ3n) is 3.13. The largest absolute Gasteiger partial charge is 0.365 e. The number of hydrogen-bond donors (Lipinski definition) is 1. The van der Waals surface area contributed by atoms with E-state index >= 15 is 0 Å². The van der Waals surface area contributed by atoms with Gasteiger partial charge in [0, 0.05) is 19.1 Å². The Morgan fingerprint density at radius 2 is 2.06 bits per heavy atom. The van der Waals surface area contributed by atoms with Gasteiger partial charge >= 0.3 is 0 Å². The molecule has 1 aromatic carbocycles.